The summed E-state index contributed by atoms with van der Waals surface area (Å²) in [5.74, 6) is -0.135. The van der Waals surface area contributed by atoms with Gasteiger partial charge in [0.15, 0.2) is 5.78 Å². The molecular weight excluding hydrogens is 348 g/mol. The number of rotatable bonds is 3. The van der Waals surface area contributed by atoms with Crippen molar-refractivity contribution < 1.29 is 18.7 Å². The molecule has 1 aromatic heterocycles. The van der Waals surface area contributed by atoms with Gasteiger partial charge in [-0.3, -0.25) is 4.79 Å². The third-order valence-electron chi connectivity index (χ3n) is 3.15. The Morgan fingerprint density at radius 2 is 1.77 bits per heavy atom. The number of hydrogen-bond donors (Lipinski definition) is 0. The standard InChI is InChI=1S/C17H11BrO4/c1-10(19)11-2-5-14(6-3-11)21-17(20)16-9-12-8-13(18)4-7-15(12)22-16/h2-9H,1H3. The predicted octanol–water partition coefficient (Wildman–Crippen LogP) is 4.62. The Morgan fingerprint density at radius 3 is 2.45 bits per heavy atom. The second-order valence-electron chi connectivity index (χ2n) is 4.76. The molecule has 0 amide bonds. The van der Waals surface area contributed by atoms with E-state index >= 15 is 0 Å². The van der Waals surface area contributed by atoms with Crippen LogP contribution >= 0.6 is 15.9 Å². The molecule has 22 heavy (non-hydrogen) atoms. The van der Waals surface area contributed by atoms with Crippen LogP contribution in [0.15, 0.2) is 57.4 Å². The molecule has 1 heterocycles. The number of carbonyl (C=O) groups is 2. The first kappa shape index (κ1) is 14.5. The van der Waals surface area contributed by atoms with Gasteiger partial charge in [0.1, 0.15) is 11.3 Å². The third-order valence-corrected chi connectivity index (χ3v) is 3.64. The van der Waals surface area contributed by atoms with Crippen LogP contribution in [0.25, 0.3) is 11.0 Å². The zero-order valence-electron chi connectivity index (χ0n) is 11.6. The molecule has 0 radical (unpaired) electrons. The fourth-order valence-corrected chi connectivity index (χ4v) is 2.41. The van der Waals surface area contributed by atoms with Crippen LogP contribution in [0.2, 0.25) is 0 Å². The Balaban J connectivity index is 1.81. The topological polar surface area (TPSA) is 56.5 Å². The Bertz CT molecular complexity index is 862. The zero-order chi connectivity index (χ0) is 15.7. The number of carbonyl (C=O) groups excluding carboxylic acids is 2. The van der Waals surface area contributed by atoms with Gasteiger partial charge in [0.2, 0.25) is 5.76 Å². The van der Waals surface area contributed by atoms with E-state index in [9.17, 15) is 9.59 Å². The van der Waals surface area contributed by atoms with Crippen molar-refractivity contribution in [2.75, 3.05) is 0 Å². The van der Waals surface area contributed by atoms with Crippen molar-refractivity contribution >= 4 is 38.7 Å². The molecule has 0 fully saturated rings. The molecule has 3 rings (SSSR count). The van der Waals surface area contributed by atoms with Crippen LogP contribution in [0.5, 0.6) is 5.75 Å². The highest BCUT2D eigenvalue weighted by Gasteiger charge is 2.15. The van der Waals surface area contributed by atoms with Gasteiger partial charge >= 0.3 is 5.97 Å². The minimum Gasteiger partial charge on any atom is -0.449 e. The molecule has 110 valence electrons. The van der Waals surface area contributed by atoms with Crippen LogP contribution in [-0.2, 0) is 0 Å². The normalized spacial score (nSPS) is 10.6. The van der Waals surface area contributed by atoms with E-state index in [4.69, 9.17) is 9.15 Å². The molecule has 0 atom stereocenters. The van der Waals surface area contributed by atoms with E-state index < -0.39 is 5.97 Å². The van der Waals surface area contributed by atoms with Crippen molar-refractivity contribution in [2.24, 2.45) is 0 Å². The van der Waals surface area contributed by atoms with Gasteiger partial charge in [-0.1, -0.05) is 15.9 Å². The first-order valence-corrected chi connectivity index (χ1v) is 7.34. The van der Waals surface area contributed by atoms with Gasteiger partial charge in [-0.05, 0) is 55.5 Å². The van der Waals surface area contributed by atoms with E-state index in [1.807, 2.05) is 12.1 Å². The minimum atomic E-state index is -0.581. The summed E-state index contributed by atoms with van der Waals surface area (Å²) >= 11 is 3.37. The number of esters is 1. The SMILES string of the molecule is CC(=O)c1ccc(OC(=O)c2cc3cc(Br)ccc3o2)cc1. The maximum atomic E-state index is 12.1. The summed E-state index contributed by atoms with van der Waals surface area (Å²) in [5.41, 5.74) is 1.18. The molecular formula is C17H11BrO4. The van der Waals surface area contributed by atoms with Crippen LogP contribution < -0.4 is 4.74 Å². The fraction of sp³-hybridized carbons (Fsp3) is 0.0588. The molecule has 0 N–H and O–H groups in total. The Kier molecular flexibility index (Phi) is 3.81. The van der Waals surface area contributed by atoms with E-state index in [1.54, 1.807) is 36.4 Å². The number of hydrogen-bond acceptors (Lipinski definition) is 4. The molecule has 0 saturated carbocycles. The van der Waals surface area contributed by atoms with Crippen LogP contribution in [0.3, 0.4) is 0 Å². The summed E-state index contributed by atoms with van der Waals surface area (Å²) in [6.45, 7) is 1.48. The van der Waals surface area contributed by atoms with E-state index in [2.05, 4.69) is 15.9 Å². The largest absolute Gasteiger partial charge is 0.449 e. The summed E-state index contributed by atoms with van der Waals surface area (Å²) in [6.07, 6.45) is 0. The van der Waals surface area contributed by atoms with Gasteiger partial charge in [0, 0.05) is 15.4 Å². The number of halogens is 1. The van der Waals surface area contributed by atoms with Gasteiger partial charge in [0.05, 0.1) is 0 Å². The van der Waals surface area contributed by atoms with Gasteiger partial charge in [-0.15, -0.1) is 0 Å². The average molecular weight is 359 g/mol. The summed E-state index contributed by atoms with van der Waals surface area (Å²) in [7, 11) is 0. The van der Waals surface area contributed by atoms with Crippen molar-refractivity contribution in [3.05, 3.63) is 64.3 Å². The molecule has 5 heteroatoms. The molecule has 3 aromatic rings. The lowest BCUT2D eigenvalue weighted by Gasteiger charge is -2.02. The quantitative estimate of drug-likeness (QED) is 0.389. The highest BCUT2D eigenvalue weighted by Crippen LogP contribution is 2.24. The summed E-state index contributed by atoms with van der Waals surface area (Å²) in [6, 6.07) is 13.5. The van der Waals surface area contributed by atoms with Crippen molar-refractivity contribution in [1.82, 2.24) is 0 Å². The molecule has 0 spiro atoms. The number of Topliss-reactive ketones (excluding diaryl/α,β-unsaturated/α-hetero) is 1. The van der Waals surface area contributed by atoms with Crippen LogP contribution in [0.4, 0.5) is 0 Å². The maximum absolute atomic E-state index is 12.1. The molecule has 0 saturated heterocycles. The van der Waals surface area contributed by atoms with E-state index in [0.29, 0.717) is 16.9 Å². The van der Waals surface area contributed by atoms with Crippen LogP contribution in [0, 0.1) is 0 Å². The molecule has 0 aliphatic heterocycles. The van der Waals surface area contributed by atoms with Crippen molar-refractivity contribution in [1.29, 1.82) is 0 Å². The summed E-state index contributed by atoms with van der Waals surface area (Å²) in [4.78, 5) is 23.3. The maximum Gasteiger partial charge on any atom is 0.379 e. The number of ether oxygens (including phenoxy) is 1. The Hall–Kier alpha value is -2.40. The molecule has 0 aliphatic rings. The molecule has 0 bridgehead atoms. The minimum absolute atomic E-state index is 0.0410. The predicted molar refractivity (Wildman–Crippen MR) is 85.3 cm³/mol. The molecule has 0 unspecified atom stereocenters. The fourth-order valence-electron chi connectivity index (χ4n) is 2.03. The van der Waals surface area contributed by atoms with Crippen molar-refractivity contribution in [2.45, 2.75) is 6.92 Å². The van der Waals surface area contributed by atoms with Crippen molar-refractivity contribution in [3.8, 4) is 5.75 Å². The first-order chi connectivity index (χ1) is 10.5. The molecule has 4 nitrogen and oxygen atoms in total. The number of ketones is 1. The number of fused-ring (bicyclic) bond motifs is 1. The lowest BCUT2D eigenvalue weighted by Crippen LogP contribution is -2.07. The summed E-state index contributed by atoms with van der Waals surface area (Å²) < 4.78 is 11.6. The molecule has 2 aromatic carbocycles. The number of furan rings is 1. The highest BCUT2D eigenvalue weighted by atomic mass is 79.9. The van der Waals surface area contributed by atoms with Gasteiger partial charge in [-0.2, -0.15) is 0 Å². The first-order valence-electron chi connectivity index (χ1n) is 6.55. The Morgan fingerprint density at radius 1 is 1.05 bits per heavy atom. The number of benzene rings is 2. The van der Waals surface area contributed by atoms with Gasteiger partial charge in [0.25, 0.3) is 0 Å². The zero-order valence-corrected chi connectivity index (χ0v) is 13.2. The smallest absolute Gasteiger partial charge is 0.379 e. The summed E-state index contributed by atoms with van der Waals surface area (Å²) in [5, 5.41) is 0.813. The van der Waals surface area contributed by atoms with Crippen LogP contribution in [0.1, 0.15) is 27.8 Å². The second kappa shape index (κ2) is 5.77. The van der Waals surface area contributed by atoms with Crippen molar-refractivity contribution in [3.63, 3.8) is 0 Å². The molecule has 0 aliphatic carbocycles. The van der Waals surface area contributed by atoms with Crippen LogP contribution in [-0.4, -0.2) is 11.8 Å². The van der Waals surface area contributed by atoms with Gasteiger partial charge < -0.3 is 9.15 Å². The monoisotopic (exact) mass is 358 g/mol. The lowest BCUT2D eigenvalue weighted by molar-refractivity contribution is 0.0704. The highest BCUT2D eigenvalue weighted by molar-refractivity contribution is 9.10. The van der Waals surface area contributed by atoms with E-state index in [0.717, 1.165) is 9.86 Å². The lowest BCUT2D eigenvalue weighted by atomic mass is 10.1. The van der Waals surface area contributed by atoms with E-state index in [-0.39, 0.29) is 11.5 Å². The van der Waals surface area contributed by atoms with E-state index in [1.165, 1.54) is 6.92 Å². The third kappa shape index (κ3) is 2.94. The Labute approximate surface area is 134 Å². The average Bonchev–Trinajstić information content (AvgIpc) is 2.91. The second-order valence-corrected chi connectivity index (χ2v) is 5.68. The van der Waals surface area contributed by atoms with Gasteiger partial charge in [-0.25, -0.2) is 4.79 Å².